The maximum atomic E-state index is 12.7. The number of likely N-dealkylation sites (N-methyl/N-ethyl adjacent to an activating group) is 1. The van der Waals surface area contributed by atoms with Crippen LogP contribution in [0.5, 0.6) is 0 Å². The first kappa shape index (κ1) is 52.0. The summed E-state index contributed by atoms with van der Waals surface area (Å²) >= 11 is 0. The topological polar surface area (TPSA) is 99.1 Å². The van der Waals surface area contributed by atoms with Crippen molar-refractivity contribution >= 4 is 17.9 Å². The molecule has 0 bridgehead atoms. The van der Waals surface area contributed by atoms with Crippen molar-refractivity contribution in [3.05, 3.63) is 60.8 Å². The van der Waals surface area contributed by atoms with Gasteiger partial charge in [0.2, 0.25) is 0 Å². The fraction of sp³-hybridized carbons (Fsp3) is 0.723. The van der Waals surface area contributed by atoms with E-state index in [4.69, 9.17) is 14.2 Å². The Bertz CT molecular complexity index is 1090. The van der Waals surface area contributed by atoms with Gasteiger partial charge in [-0.3, -0.25) is 9.59 Å². The van der Waals surface area contributed by atoms with Gasteiger partial charge in [0, 0.05) is 19.3 Å². The van der Waals surface area contributed by atoms with E-state index in [0.717, 1.165) is 70.6 Å². The van der Waals surface area contributed by atoms with Crippen LogP contribution in [-0.2, 0) is 28.6 Å². The third kappa shape index (κ3) is 36.4. The molecule has 2 unspecified atom stereocenters. The van der Waals surface area contributed by atoms with Crippen molar-refractivity contribution in [2.24, 2.45) is 0 Å². The highest BCUT2D eigenvalue weighted by molar-refractivity contribution is 5.72. The number of quaternary nitrogens is 1. The van der Waals surface area contributed by atoms with E-state index in [1.807, 2.05) is 21.1 Å². The first-order valence-corrected chi connectivity index (χ1v) is 21.8. The molecule has 0 aromatic carbocycles. The predicted molar refractivity (Wildman–Crippen MR) is 229 cm³/mol. The van der Waals surface area contributed by atoms with Crippen molar-refractivity contribution in [2.45, 2.75) is 180 Å². The first-order valence-electron chi connectivity index (χ1n) is 21.8. The Hall–Kier alpha value is -2.97. The molecule has 0 spiro atoms. The van der Waals surface area contributed by atoms with Crippen LogP contribution in [0.15, 0.2) is 60.8 Å². The normalized spacial score (nSPS) is 13.5. The van der Waals surface area contributed by atoms with Crippen LogP contribution in [-0.4, -0.2) is 80.6 Å². The molecule has 0 aliphatic heterocycles. The molecule has 55 heavy (non-hydrogen) atoms. The highest BCUT2D eigenvalue weighted by Crippen LogP contribution is 2.14. The van der Waals surface area contributed by atoms with E-state index in [1.54, 1.807) is 0 Å². The number of allylic oxidation sites excluding steroid dienone is 10. The lowest BCUT2D eigenvalue weighted by atomic mass is 10.1. The minimum absolute atomic E-state index is 0.0464. The number of rotatable bonds is 38. The highest BCUT2D eigenvalue weighted by Gasteiger charge is 2.31. The van der Waals surface area contributed by atoms with E-state index in [0.29, 0.717) is 19.3 Å². The molecule has 0 aromatic rings. The van der Waals surface area contributed by atoms with Gasteiger partial charge in [-0.25, -0.2) is 4.79 Å². The van der Waals surface area contributed by atoms with Gasteiger partial charge < -0.3 is 23.8 Å². The number of ether oxygens (including phenoxy) is 3. The van der Waals surface area contributed by atoms with Gasteiger partial charge >= 0.3 is 17.9 Å². The molecule has 0 fully saturated rings. The third-order valence-electron chi connectivity index (χ3n) is 9.40. The van der Waals surface area contributed by atoms with Crippen LogP contribution >= 0.6 is 0 Å². The molecular weight excluding hydrogens is 691 g/mol. The third-order valence-corrected chi connectivity index (χ3v) is 9.40. The molecular formula is C47H82NO7+. The Labute approximate surface area is 337 Å². The SMILES string of the molecule is CC/C=C/C/C=C/CCCCC(=O)OCC(COCCC(C(=O)O)[N+](C)(C)C)OC(=O)CCCCCCCCCCC/C=C/C/C=C/C/C=C/CCCCC. The van der Waals surface area contributed by atoms with Crippen molar-refractivity contribution in [1.82, 2.24) is 0 Å². The molecule has 0 heterocycles. The first-order chi connectivity index (χ1) is 26.6. The average molecular weight is 773 g/mol. The monoisotopic (exact) mass is 773 g/mol. The maximum Gasteiger partial charge on any atom is 0.362 e. The van der Waals surface area contributed by atoms with Crippen LogP contribution < -0.4 is 0 Å². The van der Waals surface area contributed by atoms with Crippen LogP contribution in [0.2, 0.25) is 0 Å². The van der Waals surface area contributed by atoms with Crippen LogP contribution in [0.1, 0.15) is 168 Å². The van der Waals surface area contributed by atoms with E-state index >= 15 is 0 Å². The van der Waals surface area contributed by atoms with E-state index in [-0.39, 0.29) is 36.2 Å². The number of carboxylic acids is 1. The van der Waals surface area contributed by atoms with Gasteiger partial charge in [-0.15, -0.1) is 0 Å². The van der Waals surface area contributed by atoms with Crippen molar-refractivity contribution in [2.75, 3.05) is 41.0 Å². The molecule has 8 heteroatoms. The lowest BCUT2D eigenvalue weighted by Crippen LogP contribution is -2.50. The van der Waals surface area contributed by atoms with Crippen LogP contribution in [0.4, 0.5) is 0 Å². The minimum atomic E-state index is -0.883. The molecule has 0 saturated carbocycles. The van der Waals surface area contributed by atoms with Crippen LogP contribution in [0, 0.1) is 0 Å². The van der Waals surface area contributed by atoms with Gasteiger partial charge in [0.25, 0.3) is 0 Å². The summed E-state index contributed by atoms with van der Waals surface area (Å²) in [6.45, 7) is 4.53. The zero-order chi connectivity index (χ0) is 40.7. The summed E-state index contributed by atoms with van der Waals surface area (Å²) in [4.78, 5) is 36.8. The molecule has 316 valence electrons. The number of esters is 2. The summed E-state index contributed by atoms with van der Waals surface area (Å²) in [6, 6.07) is -0.621. The lowest BCUT2D eigenvalue weighted by Gasteiger charge is -2.31. The summed E-state index contributed by atoms with van der Waals surface area (Å²) in [5.41, 5.74) is 0. The predicted octanol–water partition coefficient (Wildman–Crippen LogP) is 11.8. The van der Waals surface area contributed by atoms with Gasteiger partial charge in [0.1, 0.15) is 6.61 Å². The Morgan fingerprint density at radius 3 is 1.55 bits per heavy atom. The van der Waals surface area contributed by atoms with Gasteiger partial charge in [0.15, 0.2) is 12.1 Å². The molecule has 0 aliphatic carbocycles. The van der Waals surface area contributed by atoms with E-state index in [9.17, 15) is 19.5 Å². The molecule has 0 amide bonds. The fourth-order valence-corrected chi connectivity index (χ4v) is 6.02. The Morgan fingerprint density at radius 1 is 0.564 bits per heavy atom. The second kappa shape index (κ2) is 37.9. The highest BCUT2D eigenvalue weighted by atomic mass is 16.6. The van der Waals surface area contributed by atoms with Crippen LogP contribution in [0.3, 0.4) is 0 Å². The van der Waals surface area contributed by atoms with E-state index < -0.39 is 18.1 Å². The second-order valence-corrected chi connectivity index (χ2v) is 15.6. The largest absolute Gasteiger partial charge is 0.477 e. The number of unbranched alkanes of at least 4 members (excludes halogenated alkanes) is 14. The Kier molecular flexibility index (Phi) is 35.9. The summed E-state index contributed by atoms with van der Waals surface area (Å²) in [7, 11) is 5.50. The van der Waals surface area contributed by atoms with E-state index in [1.165, 1.54) is 64.2 Å². The quantitative estimate of drug-likeness (QED) is 0.0289. The molecule has 0 radical (unpaired) electrons. The molecule has 1 N–H and O–H groups in total. The van der Waals surface area contributed by atoms with Crippen molar-refractivity contribution in [3.8, 4) is 0 Å². The Balaban J connectivity index is 4.28. The summed E-state index contributed by atoms with van der Waals surface area (Å²) in [6.07, 6.45) is 45.7. The smallest absolute Gasteiger partial charge is 0.362 e. The van der Waals surface area contributed by atoms with Gasteiger partial charge in [-0.05, 0) is 77.0 Å². The van der Waals surface area contributed by atoms with Gasteiger partial charge in [-0.2, -0.15) is 0 Å². The fourth-order valence-electron chi connectivity index (χ4n) is 6.02. The van der Waals surface area contributed by atoms with E-state index in [2.05, 4.69) is 74.6 Å². The number of carbonyl (C=O) groups excluding carboxylic acids is 2. The van der Waals surface area contributed by atoms with Crippen molar-refractivity contribution in [3.63, 3.8) is 0 Å². The van der Waals surface area contributed by atoms with Gasteiger partial charge in [0.05, 0.1) is 34.4 Å². The summed E-state index contributed by atoms with van der Waals surface area (Å²) in [5, 5.41) is 9.60. The minimum Gasteiger partial charge on any atom is -0.477 e. The maximum absolute atomic E-state index is 12.7. The van der Waals surface area contributed by atoms with Crippen molar-refractivity contribution < 1.29 is 38.2 Å². The average Bonchev–Trinajstić information content (AvgIpc) is 3.14. The number of carboxylic acid groups (broad SMARTS) is 1. The number of carbonyl (C=O) groups is 3. The molecule has 8 nitrogen and oxygen atoms in total. The summed E-state index contributed by atoms with van der Waals surface area (Å²) < 4.78 is 17.2. The molecule has 0 rings (SSSR count). The number of nitrogens with zero attached hydrogens (tertiary/aromatic N) is 1. The van der Waals surface area contributed by atoms with Crippen molar-refractivity contribution in [1.29, 1.82) is 0 Å². The molecule has 0 aliphatic rings. The Morgan fingerprint density at radius 2 is 1.02 bits per heavy atom. The van der Waals surface area contributed by atoms with Crippen LogP contribution in [0.25, 0.3) is 0 Å². The number of hydrogen-bond donors (Lipinski definition) is 1. The zero-order valence-electron chi connectivity index (χ0n) is 35.9. The molecule has 2 atom stereocenters. The zero-order valence-corrected chi connectivity index (χ0v) is 35.9. The number of aliphatic carboxylic acids is 1. The molecule has 0 saturated heterocycles. The van der Waals surface area contributed by atoms with Gasteiger partial charge in [-0.1, -0.05) is 132 Å². The number of hydrogen-bond acceptors (Lipinski definition) is 6. The summed E-state index contributed by atoms with van der Waals surface area (Å²) in [5.74, 6) is -1.53. The molecule has 0 aromatic heterocycles. The second-order valence-electron chi connectivity index (χ2n) is 15.6. The lowest BCUT2D eigenvalue weighted by molar-refractivity contribution is -0.887. The standard InChI is InChI=1S/C47H81NO7/c1-6-8-10-12-14-16-17-18-19-20-21-22-23-24-25-26-27-28-30-32-34-36-38-46(50)55-43(41-53-40-39-44(47(51)52)48(3,4)5)42-54-45(49)37-35-33-31-29-15-13-11-9-7-2/h9,11,14-16,18-19,21-22,29,43-44H,6-8,10,12-13,17,20,23-28,30-42H2,1-5H3/p+1/b11-9+,16-14+,19-18+,22-21+,29-15+.